The molecule has 0 radical (unpaired) electrons. The Morgan fingerprint density at radius 2 is 2.00 bits per heavy atom. The fourth-order valence-corrected chi connectivity index (χ4v) is 3.15. The van der Waals surface area contributed by atoms with Gasteiger partial charge in [0.25, 0.3) is 0 Å². The summed E-state index contributed by atoms with van der Waals surface area (Å²) in [5, 5.41) is 26.1. The molecule has 130 valence electrons. The van der Waals surface area contributed by atoms with Crippen LogP contribution in [0, 0.1) is 3.57 Å². The number of esters is 1. The third-order valence-corrected chi connectivity index (χ3v) is 4.71. The Balaban J connectivity index is 0.00000288. The maximum Gasteiger partial charge on any atom is 1.00 e. The predicted octanol–water partition coefficient (Wildman–Crippen LogP) is -8.18. The van der Waals surface area contributed by atoms with Crippen LogP contribution in [0.5, 0.6) is 0 Å². The van der Waals surface area contributed by atoms with Gasteiger partial charge in [-0.05, 0) is 22.6 Å². The van der Waals surface area contributed by atoms with E-state index in [0.29, 0.717) is 3.57 Å². The summed E-state index contributed by atoms with van der Waals surface area (Å²) < 4.78 is 24.7. The van der Waals surface area contributed by atoms with Crippen LogP contribution in [-0.4, -0.2) is 58.4 Å². The SMILES string of the molecule is COC(=O)c1n[nH]c([C@@H]2O[C@H](COP(=O)([O-])[O-])[C@@H](O)[C@H]2O)c1I.[Na+].[Na+]. The van der Waals surface area contributed by atoms with E-state index < -0.39 is 44.8 Å². The normalized spacial score (nSPS) is 25.8. The van der Waals surface area contributed by atoms with Gasteiger partial charge >= 0.3 is 65.1 Å². The van der Waals surface area contributed by atoms with Gasteiger partial charge in [-0.3, -0.25) is 5.10 Å². The summed E-state index contributed by atoms with van der Waals surface area (Å²) in [5.41, 5.74) is 0.171. The fraction of sp³-hybridized carbons (Fsp3) is 0.600. The number of phosphoric ester groups is 1. The zero-order valence-electron chi connectivity index (χ0n) is 13.5. The molecular formula is C10H12IN2Na2O9P. The van der Waals surface area contributed by atoms with Crippen molar-refractivity contribution >= 4 is 36.4 Å². The van der Waals surface area contributed by atoms with E-state index in [2.05, 4.69) is 19.5 Å². The molecule has 0 amide bonds. The van der Waals surface area contributed by atoms with Crippen LogP contribution < -0.4 is 68.9 Å². The van der Waals surface area contributed by atoms with Gasteiger partial charge in [-0.25, -0.2) is 4.79 Å². The van der Waals surface area contributed by atoms with Gasteiger partial charge in [-0.15, -0.1) is 0 Å². The number of H-pyrrole nitrogens is 1. The zero-order chi connectivity index (χ0) is 17.4. The molecule has 25 heavy (non-hydrogen) atoms. The Kier molecular flexibility index (Phi) is 11.4. The molecule has 0 unspecified atom stereocenters. The molecule has 1 aliphatic heterocycles. The maximum absolute atomic E-state index is 11.5. The third-order valence-electron chi connectivity index (χ3n) is 3.16. The first kappa shape index (κ1) is 26.4. The van der Waals surface area contributed by atoms with E-state index in [1.54, 1.807) is 22.6 Å². The number of halogens is 1. The second-order valence-corrected chi connectivity index (χ2v) is 6.84. The summed E-state index contributed by atoms with van der Waals surface area (Å²) in [4.78, 5) is 32.5. The first-order chi connectivity index (χ1) is 10.7. The Labute approximate surface area is 200 Å². The molecule has 2 rings (SSSR count). The number of aliphatic hydroxyl groups excluding tert-OH is 2. The monoisotopic (exact) mass is 508 g/mol. The average Bonchev–Trinajstić information content (AvgIpc) is 2.98. The smallest absolute Gasteiger partial charge is 0.790 e. The number of aromatic nitrogens is 2. The molecule has 1 saturated heterocycles. The zero-order valence-corrected chi connectivity index (χ0v) is 20.6. The van der Waals surface area contributed by atoms with Crippen molar-refractivity contribution in [2.75, 3.05) is 13.7 Å². The van der Waals surface area contributed by atoms with Gasteiger partial charge in [0.15, 0.2) is 5.69 Å². The van der Waals surface area contributed by atoms with Gasteiger partial charge in [-0.1, -0.05) is 0 Å². The Morgan fingerprint density at radius 1 is 1.40 bits per heavy atom. The van der Waals surface area contributed by atoms with E-state index in [1.165, 1.54) is 7.11 Å². The summed E-state index contributed by atoms with van der Waals surface area (Å²) in [6.07, 6.45) is -5.30. The number of carbonyl (C=O) groups excluding carboxylic acids is 1. The summed E-state index contributed by atoms with van der Waals surface area (Å²) in [6, 6.07) is 0. The minimum atomic E-state index is -5.23. The molecule has 0 bridgehead atoms. The van der Waals surface area contributed by atoms with Crippen molar-refractivity contribution in [3.8, 4) is 0 Å². The molecule has 11 nitrogen and oxygen atoms in total. The number of aliphatic hydroxyl groups is 2. The van der Waals surface area contributed by atoms with Gasteiger partial charge < -0.3 is 38.6 Å². The molecule has 0 saturated carbocycles. The van der Waals surface area contributed by atoms with Crippen LogP contribution in [0.25, 0.3) is 0 Å². The second-order valence-electron chi connectivity index (χ2n) is 4.61. The quantitative estimate of drug-likeness (QED) is 0.150. The van der Waals surface area contributed by atoms with Crippen molar-refractivity contribution in [1.29, 1.82) is 0 Å². The van der Waals surface area contributed by atoms with Crippen LogP contribution in [0.3, 0.4) is 0 Å². The molecule has 15 heteroatoms. The van der Waals surface area contributed by atoms with Gasteiger partial charge in [0.2, 0.25) is 0 Å². The number of carbonyl (C=O) groups is 1. The average molecular weight is 508 g/mol. The fourth-order valence-electron chi connectivity index (χ4n) is 2.05. The number of aromatic amines is 1. The number of rotatable bonds is 5. The van der Waals surface area contributed by atoms with Gasteiger partial charge in [0.1, 0.15) is 24.4 Å². The van der Waals surface area contributed by atoms with E-state index in [9.17, 15) is 29.4 Å². The summed E-state index contributed by atoms with van der Waals surface area (Å²) in [6.45, 7) is -0.742. The van der Waals surface area contributed by atoms with Crippen molar-refractivity contribution in [2.45, 2.75) is 24.4 Å². The summed E-state index contributed by atoms with van der Waals surface area (Å²) in [5.74, 6) is -0.705. The summed E-state index contributed by atoms with van der Waals surface area (Å²) >= 11 is 1.78. The molecule has 4 atom stereocenters. The van der Waals surface area contributed by atoms with Crippen LogP contribution in [0.4, 0.5) is 0 Å². The number of methoxy groups -OCH3 is 1. The minimum absolute atomic E-state index is 0. The van der Waals surface area contributed by atoms with Crippen LogP contribution in [0.2, 0.25) is 0 Å². The van der Waals surface area contributed by atoms with E-state index in [-0.39, 0.29) is 70.5 Å². The van der Waals surface area contributed by atoms with E-state index in [4.69, 9.17) is 4.74 Å². The van der Waals surface area contributed by atoms with Crippen LogP contribution in [0.1, 0.15) is 22.3 Å². The first-order valence-corrected chi connectivity index (χ1v) is 8.70. The van der Waals surface area contributed by atoms with Crippen molar-refractivity contribution in [1.82, 2.24) is 10.2 Å². The molecule has 3 N–H and O–H groups in total. The third kappa shape index (κ3) is 6.46. The number of hydrogen-bond donors (Lipinski definition) is 3. The van der Waals surface area contributed by atoms with Gasteiger partial charge in [0, 0.05) is 0 Å². The topological polar surface area (TPSA) is 177 Å². The number of nitrogens with zero attached hydrogens (tertiary/aromatic N) is 1. The van der Waals surface area contributed by atoms with E-state index in [0.717, 1.165) is 0 Å². The molecule has 0 spiro atoms. The number of nitrogens with one attached hydrogen (secondary N) is 1. The van der Waals surface area contributed by atoms with Crippen molar-refractivity contribution < 1.29 is 102 Å². The van der Waals surface area contributed by atoms with E-state index in [1.807, 2.05) is 0 Å². The minimum Gasteiger partial charge on any atom is -0.790 e. The molecule has 1 aromatic heterocycles. The molecule has 1 fully saturated rings. The molecule has 2 heterocycles. The Bertz CT molecular complexity index is 642. The van der Waals surface area contributed by atoms with Crippen LogP contribution >= 0.6 is 30.4 Å². The van der Waals surface area contributed by atoms with Crippen molar-refractivity contribution in [3.05, 3.63) is 15.0 Å². The van der Waals surface area contributed by atoms with Gasteiger partial charge in [0.05, 0.1) is 30.8 Å². The first-order valence-electron chi connectivity index (χ1n) is 6.16. The maximum atomic E-state index is 11.5. The molecule has 0 aromatic carbocycles. The number of hydrogen-bond acceptors (Lipinski definition) is 10. The largest absolute Gasteiger partial charge is 1.00 e. The second kappa shape index (κ2) is 10.8. The van der Waals surface area contributed by atoms with Crippen molar-refractivity contribution in [2.24, 2.45) is 0 Å². The Morgan fingerprint density at radius 3 is 2.52 bits per heavy atom. The Hall–Kier alpha value is 1.40. The predicted molar refractivity (Wildman–Crippen MR) is 75.8 cm³/mol. The summed E-state index contributed by atoms with van der Waals surface area (Å²) in [7, 11) is -4.06. The van der Waals surface area contributed by atoms with Crippen LogP contribution in [0.15, 0.2) is 0 Å². The molecule has 1 aromatic rings. The molecule has 1 aliphatic rings. The van der Waals surface area contributed by atoms with Crippen LogP contribution in [-0.2, 0) is 18.6 Å². The number of ether oxygens (including phenoxy) is 2. The number of phosphoric acid groups is 1. The molecular weight excluding hydrogens is 496 g/mol. The van der Waals surface area contributed by atoms with E-state index >= 15 is 0 Å². The van der Waals surface area contributed by atoms with Gasteiger partial charge in [-0.2, -0.15) is 5.10 Å². The van der Waals surface area contributed by atoms with Crippen molar-refractivity contribution in [3.63, 3.8) is 0 Å². The standard InChI is InChI=1S/C10H14IN2O9P.2Na/c1-20-10(16)6-4(11)5(12-13-6)9-8(15)7(14)3(22-9)2-21-23(17,18)19;;/h3,7-9,14-15H,2H2,1H3,(H,12,13)(H2,17,18,19);;/q;2*+1/p-2/t3-,7-,8-,9+;;/m1../s1. The molecule has 0 aliphatic carbocycles.